The third-order valence-electron chi connectivity index (χ3n) is 7.68. The van der Waals surface area contributed by atoms with Gasteiger partial charge in [-0.05, 0) is 69.7 Å². The first kappa shape index (κ1) is 23.0. The third-order valence-corrected chi connectivity index (χ3v) is 8.62. The van der Waals surface area contributed by atoms with E-state index in [1.807, 2.05) is 12.1 Å². The highest BCUT2D eigenvalue weighted by Gasteiger charge is 2.41. The van der Waals surface area contributed by atoms with E-state index in [-0.39, 0.29) is 24.0 Å². The van der Waals surface area contributed by atoms with Gasteiger partial charge in [0.05, 0.1) is 22.4 Å². The van der Waals surface area contributed by atoms with Gasteiger partial charge in [-0.15, -0.1) is 0 Å². The maximum absolute atomic E-state index is 12.7. The highest BCUT2D eigenvalue weighted by molar-refractivity contribution is 7.22. The van der Waals surface area contributed by atoms with Crippen LogP contribution in [-0.2, 0) is 16.1 Å². The summed E-state index contributed by atoms with van der Waals surface area (Å²) in [4.78, 5) is 28.6. The fourth-order valence-corrected chi connectivity index (χ4v) is 6.05. The van der Waals surface area contributed by atoms with Crippen molar-refractivity contribution in [2.45, 2.75) is 75.8 Å². The number of rotatable bonds is 8. The number of fused-ring (bicyclic) bond motifs is 1. The summed E-state index contributed by atoms with van der Waals surface area (Å²) in [6.45, 7) is 0.303. The van der Waals surface area contributed by atoms with Gasteiger partial charge in [0.25, 0.3) is 0 Å². The molecule has 184 valence electrons. The minimum atomic E-state index is -0.380. The monoisotopic (exact) mass is 493 g/mol. The standard InChI is InChI=1S/C26H31N5O3S/c1-31(18-6-7-18)19-9-16(10-19)25(33)30-26-29-20-8-5-15(11-23(20)35-26)17-12-27-24(28-13-17)14-34-22-4-2-3-21(22)32/h5,8,11-13,16,18-19,21-22,32H,2-4,6-7,9-10,14H2,1H3,(H,29,30,33)/t16?,19?,21-,22-/m0/s1. The zero-order valence-electron chi connectivity index (χ0n) is 19.9. The Morgan fingerprint density at radius 3 is 2.66 bits per heavy atom. The van der Waals surface area contributed by atoms with Crippen LogP contribution in [-0.4, -0.2) is 62.2 Å². The summed E-state index contributed by atoms with van der Waals surface area (Å²) in [6.07, 6.45) is 10.3. The molecule has 0 unspecified atom stereocenters. The molecule has 0 aliphatic heterocycles. The summed E-state index contributed by atoms with van der Waals surface area (Å²) in [5, 5.41) is 13.6. The summed E-state index contributed by atoms with van der Waals surface area (Å²) in [5.41, 5.74) is 2.79. The van der Waals surface area contributed by atoms with Gasteiger partial charge in [-0.3, -0.25) is 4.79 Å². The fourth-order valence-electron chi connectivity index (χ4n) is 5.14. The first-order valence-electron chi connectivity index (χ1n) is 12.6. The summed E-state index contributed by atoms with van der Waals surface area (Å²) in [7, 11) is 2.19. The van der Waals surface area contributed by atoms with Crippen LogP contribution in [0.4, 0.5) is 5.13 Å². The van der Waals surface area contributed by atoms with Crippen molar-refractivity contribution >= 4 is 32.6 Å². The number of aliphatic hydroxyl groups is 1. The van der Waals surface area contributed by atoms with Crippen molar-refractivity contribution < 1.29 is 14.6 Å². The number of carbonyl (C=O) groups is 1. The normalized spacial score (nSPS) is 26.3. The average molecular weight is 494 g/mol. The van der Waals surface area contributed by atoms with Crippen LogP contribution < -0.4 is 5.32 Å². The molecule has 3 aliphatic carbocycles. The van der Waals surface area contributed by atoms with Gasteiger partial charge >= 0.3 is 0 Å². The number of benzene rings is 1. The van der Waals surface area contributed by atoms with E-state index < -0.39 is 0 Å². The second-order valence-corrected chi connectivity index (χ2v) is 11.2. The van der Waals surface area contributed by atoms with Crippen LogP contribution in [0.25, 0.3) is 21.3 Å². The number of hydrogen-bond donors (Lipinski definition) is 2. The van der Waals surface area contributed by atoms with Crippen molar-refractivity contribution in [2.75, 3.05) is 12.4 Å². The molecule has 0 saturated heterocycles. The first-order chi connectivity index (χ1) is 17.0. The van der Waals surface area contributed by atoms with Gasteiger partial charge in [0, 0.05) is 36.0 Å². The van der Waals surface area contributed by atoms with Crippen molar-refractivity contribution in [3.63, 3.8) is 0 Å². The lowest BCUT2D eigenvalue weighted by Gasteiger charge is -2.40. The van der Waals surface area contributed by atoms with Gasteiger partial charge in [0.15, 0.2) is 11.0 Å². The molecule has 3 saturated carbocycles. The highest BCUT2D eigenvalue weighted by Crippen LogP contribution is 2.38. The maximum atomic E-state index is 12.7. The van der Waals surface area contributed by atoms with Crippen molar-refractivity contribution in [1.29, 1.82) is 0 Å². The van der Waals surface area contributed by atoms with E-state index in [0.29, 0.717) is 23.6 Å². The quantitative estimate of drug-likeness (QED) is 0.489. The van der Waals surface area contributed by atoms with E-state index in [0.717, 1.165) is 59.5 Å². The van der Waals surface area contributed by atoms with Crippen LogP contribution in [0.1, 0.15) is 50.8 Å². The number of aliphatic hydroxyl groups excluding tert-OH is 1. The topological polar surface area (TPSA) is 100 Å². The molecular weight excluding hydrogens is 462 g/mol. The van der Waals surface area contributed by atoms with E-state index in [1.54, 1.807) is 12.4 Å². The molecular formula is C26H31N5O3S. The van der Waals surface area contributed by atoms with Crippen LogP contribution in [0, 0.1) is 5.92 Å². The Labute approximate surface area is 208 Å². The molecule has 0 bridgehead atoms. The number of hydrogen-bond acceptors (Lipinski definition) is 8. The molecule has 2 aromatic heterocycles. The molecule has 1 amide bonds. The number of thiazole rings is 1. The van der Waals surface area contributed by atoms with Crippen LogP contribution in [0.5, 0.6) is 0 Å². The van der Waals surface area contributed by atoms with Gasteiger partial charge in [-0.2, -0.15) is 0 Å². The van der Waals surface area contributed by atoms with Crippen molar-refractivity contribution in [3.8, 4) is 11.1 Å². The van der Waals surface area contributed by atoms with Gasteiger partial charge in [-0.25, -0.2) is 15.0 Å². The lowest BCUT2D eigenvalue weighted by molar-refractivity contribution is -0.124. The fraction of sp³-hybridized carbons (Fsp3) is 0.538. The maximum Gasteiger partial charge on any atom is 0.229 e. The molecule has 0 radical (unpaired) electrons. The number of aromatic nitrogens is 3. The smallest absolute Gasteiger partial charge is 0.229 e. The van der Waals surface area contributed by atoms with E-state index in [1.165, 1.54) is 24.2 Å². The first-order valence-corrected chi connectivity index (χ1v) is 13.4. The minimum absolute atomic E-state index is 0.0837. The molecule has 3 aliphatic rings. The summed E-state index contributed by atoms with van der Waals surface area (Å²) < 4.78 is 6.79. The van der Waals surface area contributed by atoms with Gasteiger partial charge < -0.3 is 20.1 Å². The van der Waals surface area contributed by atoms with Crippen molar-refractivity contribution in [1.82, 2.24) is 19.9 Å². The van der Waals surface area contributed by atoms with Crippen LogP contribution in [0.2, 0.25) is 0 Å². The lowest BCUT2D eigenvalue weighted by atomic mass is 9.79. The molecule has 3 fully saturated rings. The van der Waals surface area contributed by atoms with Crippen LogP contribution in [0.3, 0.4) is 0 Å². The number of amides is 1. The van der Waals surface area contributed by atoms with E-state index >= 15 is 0 Å². The molecule has 2 N–H and O–H groups in total. The number of nitrogens with one attached hydrogen (secondary N) is 1. The largest absolute Gasteiger partial charge is 0.390 e. The molecule has 1 aromatic carbocycles. The Bertz CT molecular complexity index is 1210. The summed E-state index contributed by atoms with van der Waals surface area (Å²) in [5.74, 6) is 0.777. The van der Waals surface area contributed by atoms with Crippen molar-refractivity contribution in [2.24, 2.45) is 5.92 Å². The third kappa shape index (κ3) is 4.95. The Morgan fingerprint density at radius 1 is 1.14 bits per heavy atom. The average Bonchev–Trinajstić information content (AvgIpc) is 3.48. The second-order valence-electron chi connectivity index (χ2n) is 10.1. The number of anilines is 1. The minimum Gasteiger partial charge on any atom is -0.390 e. The predicted molar refractivity (Wildman–Crippen MR) is 135 cm³/mol. The zero-order valence-corrected chi connectivity index (χ0v) is 20.7. The van der Waals surface area contributed by atoms with E-state index in [4.69, 9.17) is 4.74 Å². The molecule has 35 heavy (non-hydrogen) atoms. The second kappa shape index (κ2) is 9.54. The van der Waals surface area contributed by atoms with Gasteiger partial charge in [0.2, 0.25) is 5.91 Å². The van der Waals surface area contributed by atoms with E-state index in [9.17, 15) is 9.90 Å². The van der Waals surface area contributed by atoms with Gasteiger partial charge in [0.1, 0.15) is 6.61 Å². The molecule has 9 heteroatoms. The Balaban J connectivity index is 1.06. The summed E-state index contributed by atoms with van der Waals surface area (Å²) >= 11 is 1.50. The Hall–Kier alpha value is -2.46. The molecule has 0 spiro atoms. The molecule has 2 atom stereocenters. The molecule has 3 aromatic rings. The summed E-state index contributed by atoms with van der Waals surface area (Å²) in [6, 6.07) is 7.33. The molecule has 8 nitrogen and oxygen atoms in total. The van der Waals surface area contributed by atoms with E-state index in [2.05, 4.69) is 38.3 Å². The van der Waals surface area contributed by atoms with Crippen LogP contribution in [0.15, 0.2) is 30.6 Å². The number of ether oxygens (including phenoxy) is 1. The lowest BCUT2D eigenvalue weighted by Crippen LogP contribution is -2.47. The SMILES string of the molecule is CN(C1CC1)C1CC(C(=O)Nc2nc3ccc(-c4cnc(CO[C@H]5CCC[C@@H]5O)nc4)cc3s2)C1. The van der Waals surface area contributed by atoms with Crippen molar-refractivity contribution in [3.05, 3.63) is 36.4 Å². The highest BCUT2D eigenvalue weighted by atomic mass is 32.1. The van der Waals surface area contributed by atoms with Gasteiger partial charge in [-0.1, -0.05) is 17.4 Å². The van der Waals surface area contributed by atoms with Crippen LogP contribution >= 0.6 is 11.3 Å². The zero-order chi connectivity index (χ0) is 23.9. The Kier molecular flexibility index (Phi) is 6.26. The predicted octanol–water partition coefficient (Wildman–Crippen LogP) is 3.99. The number of nitrogens with zero attached hydrogens (tertiary/aromatic N) is 4. The molecule has 2 heterocycles. The number of carbonyl (C=O) groups excluding carboxylic acids is 1. The Morgan fingerprint density at radius 2 is 1.94 bits per heavy atom. The molecule has 6 rings (SSSR count).